The molecule has 0 aromatic heterocycles. The third kappa shape index (κ3) is 7.45. The highest BCUT2D eigenvalue weighted by Crippen LogP contribution is 2.37. The summed E-state index contributed by atoms with van der Waals surface area (Å²) in [6.45, 7) is 6.30. The van der Waals surface area contributed by atoms with E-state index in [0.717, 1.165) is 25.0 Å². The highest BCUT2D eigenvalue weighted by Gasteiger charge is 2.23. The quantitative estimate of drug-likeness (QED) is 0.518. The molecule has 0 N–H and O–H groups in total. The Hall–Kier alpha value is 0.560. The Morgan fingerprint density at radius 3 is 2.20 bits per heavy atom. The van der Waals surface area contributed by atoms with Gasteiger partial charge in [-0.05, 0) is 12.3 Å². The second-order valence-corrected chi connectivity index (χ2v) is 6.52. The number of hydrogen-bond acceptors (Lipinski definition) is 2. The van der Waals surface area contributed by atoms with E-state index in [9.17, 15) is 8.78 Å². The van der Waals surface area contributed by atoms with Gasteiger partial charge < -0.3 is 0 Å². The molecule has 0 rings (SSSR count). The summed E-state index contributed by atoms with van der Waals surface area (Å²) in [7, 11) is 3.37. The van der Waals surface area contributed by atoms with Crippen molar-refractivity contribution in [2.45, 2.75) is 58.1 Å². The zero-order valence-electron chi connectivity index (χ0n) is 9.84. The first-order chi connectivity index (χ1) is 7.15. The summed E-state index contributed by atoms with van der Waals surface area (Å²) in [5.74, 6) is 1.44. The van der Waals surface area contributed by atoms with Crippen LogP contribution < -0.4 is 0 Å². The van der Waals surface area contributed by atoms with Crippen molar-refractivity contribution < 1.29 is 8.78 Å². The van der Waals surface area contributed by atoms with E-state index in [2.05, 4.69) is 20.8 Å². The lowest BCUT2D eigenvalue weighted by molar-refractivity contribution is 0.129. The van der Waals surface area contributed by atoms with Crippen LogP contribution in [0, 0.1) is 5.92 Å². The molecule has 0 saturated heterocycles. The van der Waals surface area contributed by atoms with Gasteiger partial charge in [-0.2, -0.15) is 0 Å². The van der Waals surface area contributed by atoms with E-state index < -0.39 is 6.43 Å². The standard InChI is InChI=1S/C11H22F2S2/c1-4-7-9(5-2)10(8-11(12)13)15-14-6-3/h9-11H,4-8H2,1-3H3/t9?,10-/m1/s1. The fourth-order valence-electron chi connectivity index (χ4n) is 1.67. The summed E-state index contributed by atoms with van der Waals surface area (Å²) in [5.41, 5.74) is 0. The Morgan fingerprint density at radius 1 is 1.13 bits per heavy atom. The summed E-state index contributed by atoms with van der Waals surface area (Å²) >= 11 is 0. The molecule has 2 atom stereocenters. The number of hydrogen-bond donors (Lipinski definition) is 0. The maximum Gasteiger partial charge on any atom is 0.239 e. The van der Waals surface area contributed by atoms with Gasteiger partial charge in [-0.15, -0.1) is 0 Å². The summed E-state index contributed by atoms with van der Waals surface area (Å²) in [4.78, 5) is 0. The van der Waals surface area contributed by atoms with Crippen molar-refractivity contribution >= 4 is 21.6 Å². The maximum atomic E-state index is 12.4. The number of alkyl halides is 2. The van der Waals surface area contributed by atoms with Crippen molar-refractivity contribution in [1.29, 1.82) is 0 Å². The summed E-state index contributed by atoms with van der Waals surface area (Å²) in [6, 6.07) is 0. The van der Waals surface area contributed by atoms with Gasteiger partial charge in [0.05, 0.1) is 0 Å². The topological polar surface area (TPSA) is 0 Å². The lowest BCUT2D eigenvalue weighted by Gasteiger charge is -2.24. The van der Waals surface area contributed by atoms with Gasteiger partial charge in [-0.25, -0.2) is 8.78 Å². The average molecular weight is 256 g/mol. The van der Waals surface area contributed by atoms with E-state index in [-0.39, 0.29) is 11.7 Å². The largest absolute Gasteiger partial charge is 0.239 e. The van der Waals surface area contributed by atoms with Crippen LogP contribution in [0.2, 0.25) is 0 Å². The van der Waals surface area contributed by atoms with Gasteiger partial charge in [0.2, 0.25) is 6.43 Å². The lowest BCUT2D eigenvalue weighted by atomic mass is 9.95. The Labute approximate surface area is 100 Å². The lowest BCUT2D eigenvalue weighted by Crippen LogP contribution is -2.19. The van der Waals surface area contributed by atoms with Gasteiger partial charge in [0.25, 0.3) is 0 Å². The Kier molecular flexibility index (Phi) is 10.1. The molecule has 4 heteroatoms. The smallest absolute Gasteiger partial charge is 0.210 e. The minimum atomic E-state index is -2.16. The molecule has 0 amide bonds. The summed E-state index contributed by atoms with van der Waals surface area (Å²) < 4.78 is 24.9. The van der Waals surface area contributed by atoms with E-state index >= 15 is 0 Å². The van der Waals surface area contributed by atoms with E-state index in [1.807, 2.05) is 0 Å². The van der Waals surface area contributed by atoms with Crippen molar-refractivity contribution in [1.82, 2.24) is 0 Å². The highest BCUT2D eigenvalue weighted by molar-refractivity contribution is 8.76. The Bertz CT molecular complexity index is 143. The molecule has 0 aromatic carbocycles. The predicted octanol–water partition coefficient (Wildman–Crippen LogP) is 5.24. The molecule has 0 saturated carbocycles. The molecule has 0 aliphatic heterocycles. The Morgan fingerprint density at radius 2 is 1.80 bits per heavy atom. The molecule has 1 unspecified atom stereocenters. The van der Waals surface area contributed by atoms with Crippen LogP contribution >= 0.6 is 21.6 Å². The Balaban J connectivity index is 4.15. The molecule has 0 fully saturated rings. The van der Waals surface area contributed by atoms with Gasteiger partial charge in [0.15, 0.2) is 0 Å². The number of rotatable bonds is 9. The fraction of sp³-hybridized carbons (Fsp3) is 1.00. The van der Waals surface area contributed by atoms with Gasteiger partial charge in [0.1, 0.15) is 0 Å². The van der Waals surface area contributed by atoms with Crippen LogP contribution in [0.15, 0.2) is 0 Å². The molecule has 92 valence electrons. The zero-order chi connectivity index (χ0) is 11.7. The minimum Gasteiger partial charge on any atom is -0.210 e. The SMILES string of the molecule is CCCC(CC)[C@@H](CC(F)F)SSCC. The molecule has 0 radical (unpaired) electrons. The third-order valence-electron chi connectivity index (χ3n) is 2.43. The summed E-state index contributed by atoms with van der Waals surface area (Å²) in [6.07, 6.45) is 1.07. The monoisotopic (exact) mass is 256 g/mol. The predicted molar refractivity (Wildman–Crippen MR) is 68.8 cm³/mol. The fourth-order valence-corrected chi connectivity index (χ4v) is 4.33. The van der Waals surface area contributed by atoms with Crippen LogP contribution in [-0.4, -0.2) is 17.4 Å². The second-order valence-electron chi connectivity index (χ2n) is 3.62. The summed E-state index contributed by atoms with van der Waals surface area (Å²) in [5, 5.41) is 0.125. The van der Waals surface area contributed by atoms with Gasteiger partial charge >= 0.3 is 0 Å². The van der Waals surface area contributed by atoms with Crippen molar-refractivity contribution in [2.24, 2.45) is 5.92 Å². The first kappa shape index (κ1) is 15.6. The molecule has 0 aromatic rings. The average Bonchev–Trinajstić information content (AvgIpc) is 2.20. The van der Waals surface area contributed by atoms with Gasteiger partial charge in [-0.1, -0.05) is 55.2 Å². The van der Waals surface area contributed by atoms with E-state index in [4.69, 9.17) is 0 Å². The number of halogens is 2. The highest BCUT2D eigenvalue weighted by atomic mass is 33.1. The second kappa shape index (κ2) is 9.76. The molecule has 0 spiro atoms. The van der Waals surface area contributed by atoms with Gasteiger partial charge in [-0.3, -0.25) is 0 Å². The third-order valence-corrected chi connectivity index (χ3v) is 5.48. The van der Waals surface area contributed by atoms with Crippen molar-refractivity contribution in [3.05, 3.63) is 0 Å². The van der Waals surface area contributed by atoms with Crippen LogP contribution in [0.5, 0.6) is 0 Å². The van der Waals surface area contributed by atoms with E-state index in [1.165, 1.54) is 0 Å². The molecule has 0 nitrogen and oxygen atoms in total. The first-order valence-electron chi connectivity index (χ1n) is 5.72. The molecular formula is C11H22F2S2. The normalized spacial score (nSPS) is 15.6. The van der Waals surface area contributed by atoms with E-state index in [0.29, 0.717) is 5.92 Å². The van der Waals surface area contributed by atoms with Crippen LogP contribution in [-0.2, 0) is 0 Å². The van der Waals surface area contributed by atoms with Crippen molar-refractivity contribution in [3.8, 4) is 0 Å². The minimum absolute atomic E-state index is 0.0518. The molecule has 15 heavy (non-hydrogen) atoms. The van der Waals surface area contributed by atoms with Gasteiger partial charge in [0, 0.05) is 17.4 Å². The molecule has 0 heterocycles. The first-order valence-corrected chi connectivity index (χ1v) is 8.10. The molecule has 0 aliphatic carbocycles. The van der Waals surface area contributed by atoms with E-state index in [1.54, 1.807) is 21.6 Å². The molecule has 0 bridgehead atoms. The van der Waals surface area contributed by atoms with Crippen molar-refractivity contribution in [3.63, 3.8) is 0 Å². The van der Waals surface area contributed by atoms with Crippen LogP contribution in [0.3, 0.4) is 0 Å². The van der Waals surface area contributed by atoms with Crippen molar-refractivity contribution in [2.75, 3.05) is 5.75 Å². The zero-order valence-corrected chi connectivity index (χ0v) is 11.5. The van der Waals surface area contributed by atoms with Crippen LogP contribution in [0.1, 0.15) is 46.5 Å². The molecule has 0 aliphatic rings. The van der Waals surface area contributed by atoms with Crippen LogP contribution in [0.25, 0.3) is 0 Å². The molecular weight excluding hydrogens is 234 g/mol. The maximum absolute atomic E-state index is 12.4. The van der Waals surface area contributed by atoms with Crippen LogP contribution in [0.4, 0.5) is 8.78 Å².